The van der Waals surface area contributed by atoms with Crippen LogP contribution in [0.5, 0.6) is 0 Å². The third-order valence-corrected chi connectivity index (χ3v) is 9.34. The van der Waals surface area contributed by atoms with E-state index >= 15 is 0 Å². The van der Waals surface area contributed by atoms with E-state index in [-0.39, 0.29) is 0 Å². The van der Waals surface area contributed by atoms with Crippen molar-refractivity contribution in [3.8, 4) is 22.4 Å². The number of aromatic nitrogens is 1. The Kier molecular flexibility index (Phi) is 5.58. The van der Waals surface area contributed by atoms with Gasteiger partial charge in [0.15, 0.2) is 0 Å². The van der Waals surface area contributed by atoms with E-state index < -0.39 is 0 Å². The van der Waals surface area contributed by atoms with Crippen molar-refractivity contribution in [3.63, 3.8) is 0 Å². The lowest BCUT2D eigenvalue weighted by molar-refractivity contribution is 1.27. The zero-order chi connectivity index (χ0) is 27.3. The Balaban J connectivity index is 1.55. The molecule has 0 bridgehead atoms. The molecule has 0 fully saturated rings. The summed E-state index contributed by atoms with van der Waals surface area (Å²) in [6, 6.07) is 40.1. The molecule has 41 heavy (non-hydrogen) atoms. The van der Waals surface area contributed by atoms with Crippen molar-refractivity contribution in [1.82, 2.24) is 4.98 Å². The zero-order valence-corrected chi connectivity index (χ0v) is 23.1. The number of thiophene rings is 1. The topological polar surface area (TPSA) is 39.6 Å². The Labute approximate surface area is 241 Å². The minimum atomic E-state index is 0.769. The molecule has 0 aliphatic rings. The minimum Gasteiger partial charge on any atom is -0.361 e. The Bertz CT molecular complexity index is 2300. The van der Waals surface area contributed by atoms with Crippen LogP contribution >= 0.6 is 11.3 Å². The first-order valence-corrected chi connectivity index (χ1v) is 14.7. The molecule has 0 saturated heterocycles. The van der Waals surface area contributed by atoms with Crippen molar-refractivity contribution in [2.24, 2.45) is 0 Å². The highest BCUT2D eigenvalue weighted by atomic mass is 32.1. The highest BCUT2D eigenvalue weighted by Crippen LogP contribution is 2.48. The first kappa shape index (κ1) is 23.9. The van der Waals surface area contributed by atoms with Crippen molar-refractivity contribution < 1.29 is 0 Å². The average Bonchev–Trinajstić information content (AvgIpc) is 3.70. The summed E-state index contributed by atoms with van der Waals surface area (Å²) < 4.78 is 2.65. The van der Waals surface area contributed by atoms with Crippen molar-refractivity contribution >= 4 is 70.0 Å². The van der Waals surface area contributed by atoms with E-state index in [0.29, 0.717) is 0 Å². The van der Waals surface area contributed by atoms with Crippen LogP contribution in [-0.4, -0.2) is 11.2 Å². The Hall–Kier alpha value is -4.99. The zero-order valence-electron chi connectivity index (χ0n) is 22.3. The maximum Gasteiger partial charge on any atom is 0.0454 e. The van der Waals surface area contributed by atoms with Crippen LogP contribution in [0.25, 0.3) is 74.9 Å². The van der Waals surface area contributed by atoms with Gasteiger partial charge >= 0.3 is 0 Å². The summed E-state index contributed by atoms with van der Waals surface area (Å²) in [4.78, 5) is 3.41. The number of nitrogens with one attached hydrogen (secondary N) is 2. The first-order chi connectivity index (χ1) is 20.3. The van der Waals surface area contributed by atoms with Gasteiger partial charge in [-0.05, 0) is 98.1 Å². The van der Waals surface area contributed by atoms with Crippen molar-refractivity contribution in [2.75, 3.05) is 0 Å². The molecule has 0 spiro atoms. The fourth-order valence-corrected chi connectivity index (χ4v) is 7.69. The van der Waals surface area contributed by atoms with Crippen LogP contribution in [0, 0.1) is 5.41 Å². The molecule has 8 aromatic rings. The van der Waals surface area contributed by atoms with Gasteiger partial charge in [-0.25, -0.2) is 0 Å². The van der Waals surface area contributed by atoms with Crippen LogP contribution in [0.4, 0.5) is 0 Å². The fraction of sp³-hybridized carbons (Fsp3) is 0.0263. The van der Waals surface area contributed by atoms with E-state index in [9.17, 15) is 0 Å². The highest BCUT2D eigenvalue weighted by Gasteiger charge is 2.19. The molecule has 0 radical (unpaired) electrons. The van der Waals surface area contributed by atoms with Crippen molar-refractivity contribution in [1.29, 1.82) is 5.41 Å². The second-order valence-electron chi connectivity index (χ2n) is 10.5. The van der Waals surface area contributed by atoms with Gasteiger partial charge in [-0.3, -0.25) is 0 Å². The molecule has 2 N–H and O–H groups in total. The van der Waals surface area contributed by atoms with Gasteiger partial charge in [0.25, 0.3) is 0 Å². The minimum absolute atomic E-state index is 0.769. The molecule has 3 heteroatoms. The number of allylic oxidation sites excluding steroid dienone is 2. The van der Waals surface area contributed by atoms with Crippen LogP contribution < -0.4 is 0 Å². The third-order valence-electron chi connectivity index (χ3n) is 8.15. The summed E-state index contributed by atoms with van der Waals surface area (Å²) in [5, 5.41) is 17.9. The molecular formula is C38H26N2S. The molecule has 0 aliphatic heterocycles. The molecular weight excluding hydrogens is 516 g/mol. The lowest BCUT2D eigenvalue weighted by Crippen LogP contribution is -1.90. The van der Waals surface area contributed by atoms with Gasteiger partial charge in [0.1, 0.15) is 0 Å². The molecule has 6 aromatic carbocycles. The molecule has 0 atom stereocenters. The molecule has 0 unspecified atom stereocenters. The smallest absolute Gasteiger partial charge is 0.0454 e. The lowest BCUT2D eigenvalue weighted by atomic mass is 9.88. The van der Waals surface area contributed by atoms with E-state index in [1.54, 1.807) is 6.08 Å². The second kappa shape index (κ2) is 9.58. The van der Waals surface area contributed by atoms with Crippen molar-refractivity contribution in [2.45, 2.75) is 6.42 Å². The number of aromatic amines is 1. The van der Waals surface area contributed by atoms with Gasteiger partial charge in [-0.1, -0.05) is 78.9 Å². The van der Waals surface area contributed by atoms with Crippen LogP contribution in [0.1, 0.15) is 5.56 Å². The van der Waals surface area contributed by atoms with Crippen LogP contribution in [0.3, 0.4) is 0 Å². The van der Waals surface area contributed by atoms with Crippen LogP contribution in [0.2, 0.25) is 0 Å². The second-order valence-corrected chi connectivity index (χ2v) is 11.6. The fourth-order valence-electron chi connectivity index (χ4n) is 6.40. The predicted molar refractivity (Wildman–Crippen MR) is 179 cm³/mol. The Morgan fingerprint density at radius 3 is 2.07 bits per heavy atom. The number of rotatable bonds is 5. The van der Waals surface area contributed by atoms with E-state index in [4.69, 9.17) is 5.41 Å². The molecule has 0 saturated carbocycles. The van der Waals surface area contributed by atoms with E-state index in [1.165, 1.54) is 81.0 Å². The number of H-pyrrole nitrogens is 1. The maximum atomic E-state index is 7.43. The van der Waals surface area contributed by atoms with Crippen LogP contribution in [-0.2, 0) is 6.42 Å². The first-order valence-electron chi connectivity index (χ1n) is 13.9. The predicted octanol–water partition coefficient (Wildman–Crippen LogP) is 10.9. The van der Waals surface area contributed by atoms with Crippen molar-refractivity contribution in [3.05, 3.63) is 133 Å². The van der Waals surface area contributed by atoms with E-state index in [2.05, 4.69) is 120 Å². The molecule has 8 rings (SSSR count). The summed E-state index contributed by atoms with van der Waals surface area (Å²) in [6.45, 7) is 0. The van der Waals surface area contributed by atoms with Gasteiger partial charge in [0.2, 0.25) is 0 Å². The average molecular weight is 543 g/mol. The standard InChI is InChI=1S/C38H26N2S/c39-18-8-7-10-24-20-25(22-26(21-24)34-16-9-19-40-34)32-23-33-29-13-2-1-11-27(29)28-12-3-4-14-30(28)36(33)38-37(32)31-15-5-6-17-35(31)41-38/h1-9,11-23,39-40H,10H2/b8-7-,39-18?. The SMILES string of the molecule is N=C/C=C\Cc1cc(-c2ccc[nH]2)cc(-c2cc3c4ccccc4c4ccccc4c3c3sc4ccccc4c23)c1. The van der Waals surface area contributed by atoms with Gasteiger partial charge in [0, 0.05) is 43.7 Å². The summed E-state index contributed by atoms with van der Waals surface area (Å²) >= 11 is 1.90. The Morgan fingerprint density at radius 1 is 0.634 bits per heavy atom. The number of fused-ring (bicyclic) bond motifs is 10. The molecule has 2 aromatic heterocycles. The number of hydrogen-bond donors (Lipinski definition) is 2. The lowest BCUT2D eigenvalue weighted by Gasteiger charge is -2.15. The number of hydrogen-bond acceptors (Lipinski definition) is 2. The van der Waals surface area contributed by atoms with Gasteiger partial charge in [0.05, 0.1) is 0 Å². The van der Waals surface area contributed by atoms with Gasteiger partial charge < -0.3 is 10.4 Å². The largest absolute Gasteiger partial charge is 0.361 e. The summed E-state index contributed by atoms with van der Waals surface area (Å²) in [5.41, 5.74) is 5.97. The molecule has 2 heterocycles. The third kappa shape index (κ3) is 3.81. The molecule has 0 aliphatic carbocycles. The maximum absolute atomic E-state index is 7.43. The van der Waals surface area contributed by atoms with E-state index in [0.717, 1.165) is 12.1 Å². The summed E-state index contributed by atoms with van der Waals surface area (Å²) in [5.74, 6) is 0. The molecule has 194 valence electrons. The monoisotopic (exact) mass is 542 g/mol. The highest BCUT2D eigenvalue weighted by molar-refractivity contribution is 7.27. The quantitative estimate of drug-likeness (QED) is 0.160. The number of benzene rings is 6. The van der Waals surface area contributed by atoms with Crippen LogP contribution in [0.15, 0.2) is 128 Å². The molecule has 2 nitrogen and oxygen atoms in total. The van der Waals surface area contributed by atoms with E-state index in [1.807, 2.05) is 17.5 Å². The van der Waals surface area contributed by atoms with Gasteiger partial charge in [-0.15, -0.1) is 11.3 Å². The summed E-state index contributed by atoms with van der Waals surface area (Å²) in [7, 11) is 0. The Morgan fingerprint density at radius 2 is 1.32 bits per heavy atom. The van der Waals surface area contributed by atoms with Gasteiger partial charge in [-0.2, -0.15) is 0 Å². The molecule has 0 amide bonds. The summed E-state index contributed by atoms with van der Waals surface area (Å²) in [6.07, 6.45) is 7.95. The normalized spacial score (nSPS) is 12.0.